The lowest BCUT2D eigenvalue weighted by Gasteiger charge is -1.96. The fourth-order valence-electron chi connectivity index (χ4n) is 1.22. The molecule has 0 unspecified atom stereocenters. The van der Waals surface area contributed by atoms with Crippen molar-refractivity contribution in [3.05, 3.63) is 17.7 Å². The molecule has 0 amide bonds. The van der Waals surface area contributed by atoms with Crippen molar-refractivity contribution in [3.63, 3.8) is 0 Å². The number of hydrogen-bond donors (Lipinski definition) is 1. The first-order valence-electron chi connectivity index (χ1n) is 4.39. The normalized spacial score (nSPS) is 10.4. The first-order valence-corrected chi connectivity index (χ1v) is 4.39. The molecular formula is C9H16N2. The minimum absolute atomic E-state index is 1.07. The van der Waals surface area contributed by atoms with Crippen molar-refractivity contribution in [2.75, 3.05) is 0 Å². The maximum Gasteiger partial charge on any atom is 0.0925 e. The summed E-state index contributed by atoms with van der Waals surface area (Å²) in [5, 5.41) is 0. The largest absolute Gasteiger partial charge is 0.348 e. The first kappa shape index (κ1) is 8.31. The average molecular weight is 152 g/mol. The van der Waals surface area contributed by atoms with Gasteiger partial charge in [0.1, 0.15) is 0 Å². The van der Waals surface area contributed by atoms with E-state index in [9.17, 15) is 0 Å². The van der Waals surface area contributed by atoms with Gasteiger partial charge in [0.2, 0.25) is 0 Å². The van der Waals surface area contributed by atoms with Gasteiger partial charge in [0.25, 0.3) is 0 Å². The molecule has 0 saturated carbocycles. The Morgan fingerprint density at radius 1 is 1.45 bits per heavy atom. The summed E-state index contributed by atoms with van der Waals surface area (Å²) in [7, 11) is 0. The Balaban J connectivity index is 2.54. The van der Waals surface area contributed by atoms with Crippen LogP contribution in [0.15, 0.2) is 6.33 Å². The van der Waals surface area contributed by atoms with Crippen LogP contribution >= 0.6 is 0 Å². The highest BCUT2D eigenvalue weighted by molar-refractivity contribution is 5.10. The summed E-state index contributed by atoms with van der Waals surface area (Å²) in [5.74, 6) is 0. The summed E-state index contributed by atoms with van der Waals surface area (Å²) in [4.78, 5) is 7.42. The Morgan fingerprint density at radius 2 is 2.27 bits per heavy atom. The average Bonchev–Trinajstić information content (AvgIpc) is 2.47. The van der Waals surface area contributed by atoms with E-state index in [4.69, 9.17) is 0 Å². The molecule has 0 aromatic carbocycles. The van der Waals surface area contributed by atoms with Crippen LogP contribution in [-0.2, 0) is 12.8 Å². The minimum Gasteiger partial charge on any atom is -0.348 e. The van der Waals surface area contributed by atoms with E-state index in [0.717, 1.165) is 12.8 Å². The van der Waals surface area contributed by atoms with E-state index >= 15 is 0 Å². The predicted molar refractivity (Wildman–Crippen MR) is 46.6 cm³/mol. The van der Waals surface area contributed by atoms with Crippen LogP contribution < -0.4 is 0 Å². The number of nitrogens with one attached hydrogen (secondary N) is 1. The Morgan fingerprint density at radius 3 is 2.91 bits per heavy atom. The van der Waals surface area contributed by atoms with Gasteiger partial charge in [-0.3, -0.25) is 0 Å². The maximum absolute atomic E-state index is 4.27. The SMILES string of the molecule is CCCCc1nc[nH]c1CC. The molecule has 1 N–H and O–H groups in total. The van der Waals surface area contributed by atoms with E-state index < -0.39 is 0 Å². The van der Waals surface area contributed by atoms with Gasteiger partial charge >= 0.3 is 0 Å². The Hall–Kier alpha value is -0.790. The zero-order valence-corrected chi connectivity index (χ0v) is 7.35. The molecule has 1 rings (SSSR count). The quantitative estimate of drug-likeness (QED) is 0.704. The van der Waals surface area contributed by atoms with Crippen LogP contribution in [0.3, 0.4) is 0 Å². The molecule has 0 aliphatic carbocycles. The van der Waals surface area contributed by atoms with Gasteiger partial charge in [-0.15, -0.1) is 0 Å². The van der Waals surface area contributed by atoms with Crippen LogP contribution in [-0.4, -0.2) is 9.97 Å². The van der Waals surface area contributed by atoms with Crippen molar-refractivity contribution in [3.8, 4) is 0 Å². The topological polar surface area (TPSA) is 28.7 Å². The van der Waals surface area contributed by atoms with Crippen molar-refractivity contribution in [1.82, 2.24) is 9.97 Å². The van der Waals surface area contributed by atoms with E-state index in [-0.39, 0.29) is 0 Å². The highest BCUT2D eigenvalue weighted by Gasteiger charge is 2.01. The molecular weight excluding hydrogens is 136 g/mol. The number of hydrogen-bond acceptors (Lipinski definition) is 1. The van der Waals surface area contributed by atoms with Crippen molar-refractivity contribution in [1.29, 1.82) is 0 Å². The summed E-state index contributed by atoms with van der Waals surface area (Å²) in [6.07, 6.45) is 6.49. The first-order chi connectivity index (χ1) is 5.38. The standard InChI is InChI=1S/C9H16N2/c1-3-5-6-9-8(4-2)10-7-11-9/h7H,3-6H2,1-2H3,(H,10,11). The molecule has 0 fully saturated rings. The number of aromatic nitrogens is 2. The van der Waals surface area contributed by atoms with Gasteiger partial charge in [-0.2, -0.15) is 0 Å². The second kappa shape index (κ2) is 4.16. The molecule has 1 aromatic rings. The number of unbranched alkanes of at least 4 members (excludes halogenated alkanes) is 1. The molecule has 0 aliphatic heterocycles. The third kappa shape index (κ3) is 2.07. The van der Waals surface area contributed by atoms with Gasteiger partial charge in [0.05, 0.1) is 12.0 Å². The zero-order chi connectivity index (χ0) is 8.10. The van der Waals surface area contributed by atoms with Crippen LogP contribution in [0.5, 0.6) is 0 Å². The summed E-state index contributed by atoms with van der Waals surface area (Å²) >= 11 is 0. The third-order valence-corrected chi connectivity index (χ3v) is 1.93. The summed E-state index contributed by atoms with van der Waals surface area (Å²) in [5.41, 5.74) is 2.56. The number of aryl methyl sites for hydroxylation is 2. The number of nitrogens with zero attached hydrogens (tertiary/aromatic N) is 1. The second-order valence-electron chi connectivity index (χ2n) is 2.78. The van der Waals surface area contributed by atoms with Crippen molar-refractivity contribution in [2.24, 2.45) is 0 Å². The van der Waals surface area contributed by atoms with Crippen LogP contribution in [0, 0.1) is 0 Å². The van der Waals surface area contributed by atoms with Crippen LogP contribution in [0.25, 0.3) is 0 Å². The molecule has 0 radical (unpaired) electrons. The Labute approximate surface area is 68.0 Å². The highest BCUT2D eigenvalue weighted by Crippen LogP contribution is 2.07. The number of imidazole rings is 1. The van der Waals surface area contributed by atoms with E-state index in [1.807, 2.05) is 0 Å². The van der Waals surface area contributed by atoms with Gasteiger partial charge in [-0.05, 0) is 19.3 Å². The van der Waals surface area contributed by atoms with Crippen molar-refractivity contribution >= 4 is 0 Å². The lowest BCUT2D eigenvalue weighted by Crippen LogP contribution is -1.91. The molecule has 0 aliphatic rings. The van der Waals surface area contributed by atoms with Crippen molar-refractivity contribution in [2.45, 2.75) is 39.5 Å². The molecule has 0 saturated heterocycles. The Kier molecular flexibility index (Phi) is 3.14. The summed E-state index contributed by atoms with van der Waals surface area (Å²) in [6, 6.07) is 0. The monoisotopic (exact) mass is 152 g/mol. The fourth-order valence-corrected chi connectivity index (χ4v) is 1.22. The van der Waals surface area contributed by atoms with Gasteiger partial charge in [0, 0.05) is 5.69 Å². The van der Waals surface area contributed by atoms with E-state index in [1.54, 1.807) is 6.33 Å². The summed E-state index contributed by atoms with van der Waals surface area (Å²) < 4.78 is 0. The predicted octanol–water partition coefficient (Wildman–Crippen LogP) is 2.31. The summed E-state index contributed by atoms with van der Waals surface area (Å²) in [6.45, 7) is 4.36. The number of rotatable bonds is 4. The lowest BCUT2D eigenvalue weighted by atomic mass is 10.1. The molecule has 0 spiro atoms. The molecule has 2 heteroatoms. The molecule has 1 aromatic heterocycles. The molecule has 11 heavy (non-hydrogen) atoms. The second-order valence-corrected chi connectivity index (χ2v) is 2.78. The molecule has 2 nitrogen and oxygen atoms in total. The zero-order valence-electron chi connectivity index (χ0n) is 7.35. The smallest absolute Gasteiger partial charge is 0.0925 e. The minimum atomic E-state index is 1.07. The van der Waals surface area contributed by atoms with E-state index in [2.05, 4.69) is 23.8 Å². The molecule has 62 valence electrons. The van der Waals surface area contributed by atoms with Crippen LogP contribution in [0.4, 0.5) is 0 Å². The third-order valence-electron chi connectivity index (χ3n) is 1.93. The molecule has 0 atom stereocenters. The Bertz CT molecular complexity index is 203. The highest BCUT2D eigenvalue weighted by atomic mass is 14.9. The van der Waals surface area contributed by atoms with E-state index in [1.165, 1.54) is 24.2 Å². The van der Waals surface area contributed by atoms with Crippen LogP contribution in [0.2, 0.25) is 0 Å². The maximum atomic E-state index is 4.27. The fraction of sp³-hybridized carbons (Fsp3) is 0.667. The van der Waals surface area contributed by atoms with Crippen LogP contribution in [0.1, 0.15) is 38.1 Å². The van der Waals surface area contributed by atoms with Gasteiger partial charge in [-0.25, -0.2) is 4.98 Å². The van der Waals surface area contributed by atoms with Crippen molar-refractivity contribution < 1.29 is 0 Å². The van der Waals surface area contributed by atoms with Gasteiger partial charge in [-0.1, -0.05) is 20.3 Å². The number of H-pyrrole nitrogens is 1. The van der Waals surface area contributed by atoms with Gasteiger partial charge in [0.15, 0.2) is 0 Å². The number of aromatic amines is 1. The van der Waals surface area contributed by atoms with E-state index in [0.29, 0.717) is 0 Å². The molecule has 0 bridgehead atoms. The lowest BCUT2D eigenvalue weighted by molar-refractivity contribution is 0.771. The molecule has 1 heterocycles. The van der Waals surface area contributed by atoms with Gasteiger partial charge < -0.3 is 4.98 Å².